The van der Waals surface area contributed by atoms with E-state index in [1.807, 2.05) is 17.0 Å². The molecule has 3 N–H and O–H groups in total. The number of methoxy groups -OCH3 is 1. The summed E-state index contributed by atoms with van der Waals surface area (Å²) in [5, 5.41) is 5.73. The van der Waals surface area contributed by atoms with Crippen molar-refractivity contribution in [3.63, 3.8) is 0 Å². The zero-order chi connectivity index (χ0) is 59.2. The second-order valence-electron chi connectivity index (χ2n) is 19.8. The molecule has 7 amide bonds. The third-order valence-electron chi connectivity index (χ3n) is 14.2. The molecule has 0 saturated carbocycles. The summed E-state index contributed by atoms with van der Waals surface area (Å²) < 4.78 is 109. The summed E-state index contributed by atoms with van der Waals surface area (Å²) in [6.45, 7) is 10.9. The van der Waals surface area contributed by atoms with Gasteiger partial charge in [0.1, 0.15) is 23.7 Å². The first-order valence-electron chi connectivity index (χ1n) is 25.3. The number of halogens is 11. The van der Waals surface area contributed by atoms with Gasteiger partial charge in [-0.05, 0) is 133 Å². The van der Waals surface area contributed by atoms with Crippen molar-refractivity contribution in [3.05, 3.63) is 145 Å². The normalized spacial score (nSPS) is 21.2. The standard InChI is InChI=1S/C27H25ClF4N4O3.C16H19FN2O.C12H11BrClF3N2O3/c1-15-25(38)36(26(39)33-15)23-11-22(28)21(27(30,31)32)10-17(23)4-9-24(37)35-19-7-8-20(35)14-34(13-19)12-16-2-5-18(29)6-3-16;1-2-16(20)19-14-7-8-15(19)11-18(10-14)9-12-3-5-13(17)6-4-12;1-5(10(20)22-2)18-11(21)19-9-4-8(14)6(3-7(9)13)12(15,16)17/h2-6,9-11,15,19-20H,7-8,12-14H2,1H3,(H,33,39);2-6,14-15H,1,7-11H2;3-5H,1-2H3,(H2,18,19,21)/b9-4+;;/t;;5-/m..1/s1. The molecule has 15 nitrogen and oxygen atoms in total. The fourth-order valence-electron chi connectivity index (χ4n) is 10.4. The van der Waals surface area contributed by atoms with E-state index in [9.17, 15) is 63.9 Å². The van der Waals surface area contributed by atoms with Gasteiger partial charge in [0.05, 0.1) is 39.7 Å². The van der Waals surface area contributed by atoms with Crippen LogP contribution in [-0.2, 0) is 49.4 Å². The minimum atomic E-state index is -4.78. The molecule has 26 heteroatoms. The molecule has 0 aliphatic carbocycles. The summed E-state index contributed by atoms with van der Waals surface area (Å²) in [7, 11) is 1.16. The Kier molecular flexibility index (Phi) is 20.0. The number of amides is 7. The third kappa shape index (κ3) is 15.3. The fraction of sp³-hybridized carbons (Fsp3) is 0.382. The van der Waals surface area contributed by atoms with Crippen LogP contribution < -0.4 is 20.9 Å². The van der Waals surface area contributed by atoms with Crippen molar-refractivity contribution >= 4 is 92.3 Å². The zero-order valence-corrected chi connectivity index (χ0v) is 46.8. The van der Waals surface area contributed by atoms with Gasteiger partial charge < -0.3 is 30.5 Å². The minimum absolute atomic E-state index is 0.00917. The van der Waals surface area contributed by atoms with Gasteiger partial charge in [-0.2, -0.15) is 26.3 Å². The molecule has 4 aromatic carbocycles. The maximum atomic E-state index is 13.6. The first-order chi connectivity index (χ1) is 38.1. The van der Waals surface area contributed by atoms with Crippen molar-refractivity contribution < 1.29 is 68.6 Å². The SMILES string of the molecule is C=CC(=O)N1C2CCC1CN(Cc1ccc(F)cc1)C2.CC1NC(=O)N(c2cc(Cl)c(C(F)(F)F)cc2/C=C/C(=O)N2C3CCC2CN(Cc2ccc(F)cc2)C3)C1=O.COC(=O)[C@@H](C)NC(=O)Nc1cc(Cl)c(C(F)(F)F)cc1Br. The first kappa shape index (κ1) is 62.0. The number of alkyl halides is 6. The second-order valence-corrected chi connectivity index (χ2v) is 21.5. The van der Waals surface area contributed by atoms with E-state index in [2.05, 4.69) is 53.0 Å². The van der Waals surface area contributed by atoms with Crippen LogP contribution in [0.3, 0.4) is 0 Å². The Bertz CT molecular complexity index is 3040. The monoisotopic (exact) mass is 1240 g/mol. The highest BCUT2D eigenvalue weighted by atomic mass is 79.9. The van der Waals surface area contributed by atoms with Crippen LogP contribution in [0.4, 0.5) is 56.1 Å². The number of ether oxygens (including phenoxy) is 1. The van der Waals surface area contributed by atoms with Crippen LogP contribution in [0.5, 0.6) is 0 Å². The van der Waals surface area contributed by atoms with Crippen LogP contribution in [0.1, 0.15) is 67.3 Å². The first-order valence-corrected chi connectivity index (χ1v) is 26.9. The molecule has 0 radical (unpaired) electrons. The molecule has 0 spiro atoms. The fourth-order valence-corrected chi connectivity index (χ4v) is 11.4. The number of carbonyl (C=O) groups is 6. The van der Waals surface area contributed by atoms with Gasteiger partial charge in [0.15, 0.2) is 0 Å². The summed E-state index contributed by atoms with van der Waals surface area (Å²) in [5.41, 5.74) is -0.358. The van der Waals surface area contributed by atoms with Crippen LogP contribution >= 0.6 is 39.1 Å². The van der Waals surface area contributed by atoms with E-state index in [4.69, 9.17) is 23.2 Å². The largest absolute Gasteiger partial charge is 0.467 e. The average molecular weight is 1240 g/mol. The Morgan fingerprint density at radius 2 is 1.21 bits per heavy atom. The van der Waals surface area contributed by atoms with E-state index in [0.717, 1.165) is 92.7 Å². The number of imide groups is 1. The van der Waals surface area contributed by atoms with Crippen LogP contribution in [0, 0.1) is 11.6 Å². The van der Waals surface area contributed by atoms with Crippen molar-refractivity contribution in [2.45, 2.75) is 101 Å². The highest BCUT2D eigenvalue weighted by Crippen LogP contribution is 2.42. The van der Waals surface area contributed by atoms with Gasteiger partial charge in [-0.25, -0.2) is 28.1 Å². The molecule has 9 rings (SSSR count). The highest BCUT2D eigenvalue weighted by molar-refractivity contribution is 9.10. The molecule has 434 valence electrons. The number of likely N-dealkylation sites (tertiary alicyclic amines) is 2. The summed E-state index contributed by atoms with van der Waals surface area (Å²) in [6, 6.07) is 13.4. The summed E-state index contributed by atoms with van der Waals surface area (Å²) in [6.07, 6.45) is -1.89. The van der Waals surface area contributed by atoms with Gasteiger partial charge in [-0.3, -0.25) is 24.2 Å². The number of esters is 1. The van der Waals surface area contributed by atoms with Gasteiger partial charge in [-0.15, -0.1) is 0 Å². The van der Waals surface area contributed by atoms with Gasteiger partial charge >= 0.3 is 30.4 Å². The van der Waals surface area contributed by atoms with E-state index in [0.29, 0.717) is 31.7 Å². The predicted octanol–water partition coefficient (Wildman–Crippen LogP) is 10.8. The summed E-state index contributed by atoms with van der Waals surface area (Å²) in [4.78, 5) is 82.0. The van der Waals surface area contributed by atoms with E-state index in [1.54, 1.807) is 17.0 Å². The Hall–Kier alpha value is -6.60. The van der Waals surface area contributed by atoms with Crippen molar-refractivity contribution in [2.75, 3.05) is 43.5 Å². The molecule has 5 unspecified atom stereocenters. The molecule has 0 aromatic heterocycles. The second kappa shape index (κ2) is 26.1. The molecular formula is C55H55BrCl2F8N8O7. The number of nitrogens with zero attached hydrogens (tertiary/aromatic N) is 5. The molecule has 5 aliphatic rings. The van der Waals surface area contributed by atoms with Crippen LogP contribution in [0.25, 0.3) is 6.08 Å². The topological polar surface area (TPSA) is 164 Å². The van der Waals surface area contributed by atoms with E-state index < -0.39 is 69.5 Å². The number of rotatable bonds is 11. The maximum absolute atomic E-state index is 13.6. The zero-order valence-electron chi connectivity index (χ0n) is 43.7. The van der Waals surface area contributed by atoms with Crippen molar-refractivity contribution in [1.82, 2.24) is 30.2 Å². The third-order valence-corrected chi connectivity index (χ3v) is 15.4. The van der Waals surface area contributed by atoms with Crippen molar-refractivity contribution in [3.8, 4) is 0 Å². The highest BCUT2D eigenvalue weighted by Gasteiger charge is 2.44. The Balaban J connectivity index is 0.000000191. The lowest BCUT2D eigenvalue weighted by Crippen LogP contribution is -2.55. The lowest BCUT2D eigenvalue weighted by atomic mass is 10.1. The van der Waals surface area contributed by atoms with E-state index in [1.165, 1.54) is 56.3 Å². The van der Waals surface area contributed by atoms with Gasteiger partial charge in [0.25, 0.3) is 5.91 Å². The molecule has 6 atom stereocenters. The van der Waals surface area contributed by atoms with Crippen LogP contribution in [0.2, 0.25) is 10.0 Å². The lowest BCUT2D eigenvalue weighted by Gasteiger charge is -2.40. The number of nitrogens with one attached hydrogen (secondary N) is 3. The molecule has 4 bridgehead atoms. The summed E-state index contributed by atoms with van der Waals surface area (Å²) in [5.74, 6) is -2.14. The molecular weight excluding hydrogens is 1190 g/mol. The molecule has 5 saturated heterocycles. The Morgan fingerprint density at radius 3 is 1.64 bits per heavy atom. The maximum Gasteiger partial charge on any atom is 0.417 e. The average Bonchev–Trinajstić information content (AvgIpc) is 3.95. The molecule has 5 fully saturated rings. The molecule has 81 heavy (non-hydrogen) atoms. The van der Waals surface area contributed by atoms with Crippen molar-refractivity contribution in [1.29, 1.82) is 0 Å². The minimum Gasteiger partial charge on any atom is -0.467 e. The smallest absolute Gasteiger partial charge is 0.417 e. The number of hydrogen-bond acceptors (Lipinski definition) is 9. The number of piperazine rings is 2. The number of hydrogen-bond donors (Lipinski definition) is 3. The number of carbonyl (C=O) groups excluding carboxylic acids is 6. The molecule has 5 heterocycles. The van der Waals surface area contributed by atoms with Crippen LogP contribution in [-0.4, -0.2) is 125 Å². The van der Waals surface area contributed by atoms with Crippen LogP contribution in [0.15, 0.2) is 96.0 Å². The Labute approximate surface area is 479 Å². The quantitative estimate of drug-likeness (QED) is 0.0574. The van der Waals surface area contributed by atoms with E-state index >= 15 is 0 Å². The van der Waals surface area contributed by atoms with Crippen molar-refractivity contribution in [2.24, 2.45) is 0 Å². The van der Waals surface area contributed by atoms with E-state index in [-0.39, 0.29) is 56.9 Å². The number of anilines is 2. The Morgan fingerprint density at radius 1 is 0.753 bits per heavy atom. The summed E-state index contributed by atoms with van der Waals surface area (Å²) >= 11 is 14.4. The number of urea groups is 2. The lowest BCUT2D eigenvalue weighted by molar-refractivity contribution is -0.142. The van der Waals surface area contributed by atoms with Gasteiger partial charge in [0.2, 0.25) is 11.8 Å². The van der Waals surface area contributed by atoms with Gasteiger partial charge in [-0.1, -0.05) is 54.0 Å². The number of benzene rings is 4. The van der Waals surface area contributed by atoms with Gasteiger partial charge in [0, 0.05) is 74.0 Å². The molecule has 5 aliphatic heterocycles. The molecule has 4 aromatic rings. The predicted molar refractivity (Wildman–Crippen MR) is 290 cm³/mol. The number of fused-ring (bicyclic) bond motifs is 4.